The number of hydrogen-bond donors (Lipinski definition) is 1. The van der Waals surface area contributed by atoms with E-state index < -0.39 is 5.97 Å². The van der Waals surface area contributed by atoms with Crippen molar-refractivity contribution in [3.05, 3.63) is 47.1 Å². The molecule has 7 heteroatoms. The minimum absolute atomic E-state index is 0.216. The zero-order valence-corrected chi connectivity index (χ0v) is 18.1. The average molecular weight is 412 g/mol. The second-order valence-electron chi connectivity index (χ2n) is 7.62. The minimum atomic E-state index is -0.915. The van der Waals surface area contributed by atoms with Crippen molar-refractivity contribution < 1.29 is 14.6 Å². The monoisotopic (exact) mass is 411 g/mol. The number of aliphatic carboxylic acids is 1. The number of rotatable bonds is 6. The van der Waals surface area contributed by atoms with Crippen molar-refractivity contribution in [2.75, 3.05) is 7.11 Å². The first-order valence-corrected chi connectivity index (χ1v) is 10.2. The summed E-state index contributed by atoms with van der Waals surface area (Å²) in [5.41, 5.74) is 3.67. The number of nitrogens with zero attached hydrogens (tertiary/aromatic N) is 3. The summed E-state index contributed by atoms with van der Waals surface area (Å²) in [5, 5.41) is 16.6. The molecule has 0 spiro atoms. The van der Waals surface area contributed by atoms with E-state index in [1.807, 2.05) is 47.4 Å². The molecule has 2 heterocycles. The second-order valence-corrected chi connectivity index (χ2v) is 8.48. The third kappa shape index (κ3) is 4.40. The fourth-order valence-electron chi connectivity index (χ4n) is 3.01. The molecule has 6 nitrogen and oxygen atoms in total. The highest BCUT2D eigenvalue weighted by Crippen LogP contribution is 2.37. The van der Waals surface area contributed by atoms with E-state index in [1.54, 1.807) is 13.2 Å². The van der Waals surface area contributed by atoms with Gasteiger partial charge in [-0.1, -0.05) is 6.92 Å². The molecule has 0 fully saturated rings. The van der Waals surface area contributed by atoms with E-state index in [0.717, 1.165) is 27.6 Å². The lowest BCUT2D eigenvalue weighted by Crippen LogP contribution is -2.24. The summed E-state index contributed by atoms with van der Waals surface area (Å²) in [6.45, 7) is 8.13. The summed E-state index contributed by atoms with van der Waals surface area (Å²) in [6.07, 6.45) is 3.90. The molecule has 152 valence electrons. The predicted molar refractivity (Wildman–Crippen MR) is 116 cm³/mol. The lowest BCUT2D eigenvalue weighted by Gasteiger charge is -2.23. The molecule has 1 N–H and O–H groups in total. The maximum atomic E-state index is 11.3. The summed E-state index contributed by atoms with van der Waals surface area (Å²) in [4.78, 5) is 16.0. The van der Waals surface area contributed by atoms with Gasteiger partial charge in [-0.15, -0.1) is 11.3 Å². The van der Waals surface area contributed by atoms with Gasteiger partial charge in [0.2, 0.25) is 0 Å². The third-order valence-electron chi connectivity index (χ3n) is 4.50. The second kappa shape index (κ2) is 8.21. The summed E-state index contributed by atoms with van der Waals surface area (Å²) in [5.74, 6) is -0.124. The van der Waals surface area contributed by atoms with Crippen LogP contribution in [0, 0.1) is 0 Å². The van der Waals surface area contributed by atoms with Crippen LogP contribution in [-0.2, 0) is 10.3 Å². The van der Waals surface area contributed by atoms with Crippen LogP contribution in [0.1, 0.15) is 39.8 Å². The highest BCUT2D eigenvalue weighted by atomic mass is 32.1. The van der Waals surface area contributed by atoms with E-state index in [2.05, 4.69) is 30.9 Å². The Hall–Kier alpha value is -2.93. The van der Waals surface area contributed by atoms with Crippen LogP contribution in [0.4, 0.5) is 0 Å². The Morgan fingerprint density at radius 3 is 2.52 bits per heavy atom. The van der Waals surface area contributed by atoms with Gasteiger partial charge in [0.25, 0.3) is 0 Å². The number of ether oxygens (including phenoxy) is 1. The summed E-state index contributed by atoms with van der Waals surface area (Å²) < 4.78 is 7.28. The van der Waals surface area contributed by atoms with Gasteiger partial charge in [-0.2, -0.15) is 5.10 Å². The normalized spacial score (nSPS) is 12.2. The molecule has 0 unspecified atom stereocenters. The number of thiazole rings is 1. The Morgan fingerprint density at radius 1 is 1.28 bits per heavy atom. The Bertz CT molecular complexity index is 1040. The Balaban J connectivity index is 2.11. The van der Waals surface area contributed by atoms with Crippen molar-refractivity contribution >= 4 is 23.4 Å². The number of methoxy groups -OCH3 is 1. The standard InChI is InChI=1S/C22H25N3O3S/c1-6-14(21(26)27)11-16-13-29-20(24-16)18-12-23-25(22(2,3)4)19(18)15-7-9-17(28-5)10-8-15/h7-13H,6H2,1-5H3,(H,26,27). The Morgan fingerprint density at radius 2 is 1.97 bits per heavy atom. The fraction of sp³-hybridized carbons (Fsp3) is 0.318. The van der Waals surface area contributed by atoms with Gasteiger partial charge in [0, 0.05) is 16.5 Å². The van der Waals surface area contributed by atoms with Crippen LogP contribution in [-0.4, -0.2) is 33.0 Å². The molecule has 2 aromatic heterocycles. The Labute approximate surface area is 174 Å². The number of carboxylic acid groups (broad SMARTS) is 1. The SMILES string of the molecule is CCC(=Cc1csc(-c2cnn(C(C)(C)C)c2-c2ccc(OC)cc2)n1)C(=O)O. The number of aromatic nitrogens is 3. The van der Waals surface area contributed by atoms with Gasteiger partial charge in [0.1, 0.15) is 10.8 Å². The number of hydrogen-bond acceptors (Lipinski definition) is 5. The molecule has 0 radical (unpaired) electrons. The molecule has 0 aliphatic carbocycles. The van der Waals surface area contributed by atoms with E-state index in [9.17, 15) is 9.90 Å². The first-order chi connectivity index (χ1) is 13.7. The molecule has 0 saturated carbocycles. The highest BCUT2D eigenvalue weighted by molar-refractivity contribution is 7.13. The molecule has 3 rings (SSSR count). The van der Waals surface area contributed by atoms with Gasteiger partial charge >= 0.3 is 5.97 Å². The van der Waals surface area contributed by atoms with E-state index >= 15 is 0 Å². The molecular formula is C22H25N3O3S. The van der Waals surface area contributed by atoms with Crippen LogP contribution in [0.2, 0.25) is 0 Å². The zero-order chi connectivity index (χ0) is 21.2. The maximum Gasteiger partial charge on any atom is 0.331 e. The van der Waals surface area contributed by atoms with Gasteiger partial charge < -0.3 is 9.84 Å². The molecule has 0 aliphatic rings. The van der Waals surface area contributed by atoms with Crippen LogP contribution < -0.4 is 4.74 Å². The van der Waals surface area contributed by atoms with Gasteiger partial charge in [0.05, 0.1) is 35.8 Å². The van der Waals surface area contributed by atoms with Crippen molar-refractivity contribution in [1.29, 1.82) is 0 Å². The maximum absolute atomic E-state index is 11.3. The average Bonchev–Trinajstić information content (AvgIpc) is 3.32. The van der Waals surface area contributed by atoms with Crippen LogP contribution in [0.5, 0.6) is 5.75 Å². The van der Waals surface area contributed by atoms with E-state index in [1.165, 1.54) is 11.3 Å². The molecule has 0 bridgehead atoms. The van der Waals surface area contributed by atoms with Crippen LogP contribution in [0.15, 0.2) is 41.4 Å². The first-order valence-electron chi connectivity index (χ1n) is 9.37. The van der Waals surface area contributed by atoms with E-state index in [0.29, 0.717) is 17.7 Å². The molecule has 0 amide bonds. The lowest BCUT2D eigenvalue weighted by molar-refractivity contribution is -0.132. The van der Waals surface area contributed by atoms with Gasteiger partial charge in [-0.25, -0.2) is 9.78 Å². The van der Waals surface area contributed by atoms with Crippen molar-refractivity contribution in [3.63, 3.8) is 0 Å². The van der Waals surface area contributed by atoms with Crippen molar-refractivity contribution in [2.45, 2.75) is 39.7 Å². The zero-order valence-electron chi connectivity index (χ0n) is 17.3. The summed E-state index contributed by atoms with van der Waals surface area (Å²) >= 11 is 1.48. The van der Waals surface area contributed by atoms with Crippen LogP contribution >= 0.6 is 11.3 Å². The smallest absolute Gasteiger partial charge is 0.331 e. The van der Waals surface area contributed by atoms with Crippen LogP contribution in [0.3, 0.4) is 0 Å². The van der Waals surface area contributed by atoms with Crippen molar-refractivity contribution in [2.24, 2.45) is 0 Å². The molecule has 29 heavy (non-hydrogen) atoms. The van der Waals surface area contributed by atoms with Gasteiger partial charge in [-0.05, 0) is 57.5 Å². The van der Waals surface area contributed by atoms with Crippen LogP contribution in [0.25, 0.3) is 27.9 Å². The lowest BCUT2D eigenvalue weighted by atomic mass is 10.0. The molecule has 3 aromatic rings. The third-order valence-corrected chi connectivity index (χ3v) is 5.39. The van der Waals surface area contributed by atoms with Gasteiger partial charge in [-0.3, -0.25) is 4.68 Å². The molecule has 1 aromatic carbocycles. The fourth-order valence-corrected chi connectivity index (χ4v) is 3.80. The number of carbonyl (C=O) groups is 1. The summed E-state index contributed by atoms with van der Waals surface area (Å²) in [6, 6.07) is 7.87. The summed E-state index contributed by atoms with van der Waals surface area (Å²) in [7, 11) is 1.64. The Kier molecular flexibility index (Phi) is 5.88. The van der Waals surface area contributed by atoms with Gasteiger partial charge in [0.15, 0.2) is 0 Å². The molecule has 0 atom stereocenters. The van der Waals surface area contributed by atoms with E-state index in [-0.39, 0.29) is 5.54 Å². The first kappa shape index (κ1) is 20.8. The van der Waals surface area contributed by atoms with E-state index in [4.69, 9.17) is 4.74 Å². The topological polar surface area (TPSA) is 77.2 Å². The molecule has 0 saturated heterocycles. The predicted octanol–water partition coefficient (Wildman–Crippen LogP) is 5.32. The largest absolute Gasteiger partial charge is 0.497 e. The minimum Gasteiger partial charge on any atom is -0.497 e. The number of benzene rings is 1. The number of carboxylic acids is 1. The van der Waals surface area contributed by atoms with Crippen molar-refractivity contribution in [3.8, 4) is 27.6 Å². The van der Waals surface area contributed by atoms with Crippen molar-refractivity contribution in [1.82, 2.24) is 14.8 Å². The molecular weight excluding hydrogens is 386 g/mol. The highest BCUT2D eigenvalue weighted by Gasteiger charge is 2.24. The molecule has 0 aliphatic heterocycles. The quantitative estimate of drug-likeness (QED) is 0.556.